The van der Waals surface area contributed by atoms with Gasteiger partial charge in [-0.1, -0.05) is 67.6 Å². The van der Waals surface area contributed by atoms with Crippen LogP contribution in [-0.4, -0.2) is 50.7 Å². The molecule has 33 heavy (non-hydrogen) atoms. The molecule has 5 heteroatoms. The van der Waals surface area contributed by atoms with Crippen molar-refractivity contribution in [3.8, 4) is 10.4 Å². The second-order valence-corrected chi connectivity index (χ2v) is 9.79. The van der Waals surface area contributed by atoms with Gasteiger partial charge in [-0.05, 0) is 49.1 Å². The van der Waals surface area contributed by atoms with Crippen molar-refractivity contribution in [2.75, 3.05) is 44.7 Å². The second-order valence-electron chi connectivity index (χ2n) is 8.73. The Morgan fingerprint density at radius 3 is 2.24 bits per heavy atom. The van der Waals surface area contributed by atoms with Crippen LogP contribution < -0.4 is 4.90 Å². The first kappa shape index (κ1) is 23.5. The van der Waals surface area contributed by atoms with E-state index in [1.165, 1.54) is 22.6 Å². The molecule has 0 aliphatic carbocycles. The Kier molecular flexibility index (Phi) is 7.84. The van der Waals surface area contributed by atoms with E-state index < -0.39 is 5.41 Å². The summed E-state index contributed by atoms with van der Waals surface area (Å²) in [5, 5.41) is 1.35. The van der Waals surface area contributed by atoms with Gasteiger partial charge >= 0.3 is 5.97 Å². The van der Waals surface area contributed by atoms with Crippen molar-refractivity contribution in [1.29, 1.82) is 0 Å². The number of anilines is 1. The van der Waals surface area contributed by atoms with E-state index in [0.29, 0.717) is 0 Å². The number of esters is 1. The summed E-state index contributed by atoms with van der Waals surface area (Å²) in [7, 11) is 1.50. The van der Waals surface area contributed by atoms with Crippen LogP contribution in [0.15, 0.2) is 72.8 Å². The smallest absolute Gasteiger partial charge is 0.316 e. The fraction of sp³-hybridized carbons (Fsp3) is 0.393. The number of carbonyl (C=O) groups excluding carboxylic acids is 1. The van der Waals surface area contributed by atoms with Crippen molar-refractivity contribution in [3.05, 3.63) is 78.4 Å². The number of hydrogen-bond acceptors (Lipinski definition) is 5. The highest BCUT2D eigenvalue weighted by Gasteiger charge is 2.39. The highest BCUT2D eigenvalue weighted by atomic mass is 32.1. The number of ether oxygens (including phenoxy) is 1. The summed E-state index contributed by atoms with van der Waals surface area (Å²) in [5.41, 5.74) is 1.80. The minimum absolute atomic E-state index is 0.118. The molecular weight excluding hydrogens is 428 g/mol. The summed E-state index contributed by atoms with van der Waals surface area (Å²) in [4.78, 5) is 19.2. The molecule has 1 fully saturated rings. The summed E-state index contributed by atoms with van der Waals surface area (Å²) >= 11 is 1.88. The van der Waals surface area contributed by atoms with Gasteiger partial charge in [-0.15, -0.1) is 11.3 Å². The molecule has 1 atom stereocenters. The molecule has 0 N–H and O–H groups in total. The predicted molar refractivity (Wildman–Crippen MR) is 138 cm³/mol. The van der Waals surface area contributed by atoms with Gasteiger partial charge in [-0.3, -0.25) is 9.69 Å². The van der Waals surface area contributed by atoms with Gasteiger partial charge in [0.15, 0.2) is 0 Å². The molecule has 1 aliphatic rings. The van der Waals surface area contributed by atoms with Crippen molar-refractivity contribution in [2.45, 2.75) is 31.6 Å². The topological polar surface area (TPSA) is 32.8 Å². The maximum atomic E-state index is 12.8. The third-order valence-electron chi connectivity index (χ3n) is 6.92. The highest BCUT2D eigenvalue weighted by Crippen LogP contribution is 2.36. The standard InChI is InChI=1S/C28H34N2O2S/c1-3-28(27(31)32-2,24-13-8-5-9-14-24)17-10-18-29-19-21-30(22-20-29)26-16-15-25(33-26)23-11-6-4-7-12-23/h4-9,11-16H,3,10,17-22H2,1-2H3. The van der Waals surface area contributed by atoms with E-state index in [-0.39, 0.29) is 5.97 Å². The Morgan fingerprint density at radius 2 is 1.61 bits per heavy atom. The summed E-state index contributed by atoms with van der Waals surface area (Å²) < 4.78 is 5.24. The quantitative estimate of drug-likeness (QED) is 0.374. The molecule has 1 saturated heterocycles. The molecule has 2 aromatic carbocycles. The van der Waals surface area contributed by atoms with E-state index in [1.54, 1.807) is 0 Å². The van der Waals surface area contributed by atoms with Crippen LogP contribution in [0.1, 0.15) is 31.7 Å². The molecule has 0 bridgehead atoms. The zero-order chi connectivity index (χ0) is 23.1. The SMILES string of the molecule is CCC(CCCN1CCN(c2ccc(-c3ccccc3)s2)CC1)(C(=O)OC)c1ccccc1. The zero-order valence-corrected chi connectivity index (χ0v) is 20.5. The first-order valence-corrected chi connectivity index (χ1v) is 12.7. The van der Waals surface area contributed by atoms with E-state index in [4.69, 9.17) is 4.74 Å². The molecule has 0 saturated carbocycles. The van der Waals surface area contributed by atoms with E-state index >= 15 is 0 Å². The molecule has 3 aromatic rings. The number of thiophene rings is 1. The lowest BCUT2D eigenvalue weighted by Gasteiger charge is -2.36. The molecule has 0 spiro atoms. The van der Waals surface area contributed by atoms with Crippen LogP contribution in [0.2, 0.25) is 0 Å². The Morgan fingerprint density at radius 1 is 0.939 bits per heavy atom. The number of benzene rings is 2. The van der Waals surface area contributed by atoms with Crippen molar-refractivity contribution >= 4 is 22.3 Å². The number of carbonyl (C=O) groups is 1. The molecule has 4 rings (SSSR count). The van der Waals surface area contributed by atoms with E-state index in [0.717, 1.165) is 57.5 Å². The van der Waals surface area contributed by atoms with E-state index in [9.17, 15) is 4.79 Å². The van der Waals surface area contributed by atoms with E-state index in [2.05, 4.69) is 71.3 Å². The molecule has 1 unspecified atom stereocenters. The lowest BCUT2D eigenvalue weighted by molar-refractivity contribution is -0.148. The number of methoxy groups -OCH3 is 1. The lowest BCUT2D eigenvalue weighted by atomic mass is 9.74. The monoisotopic (exact) mass is 462 g/mol. The van der Waals surface area contributed by atoms with Crippen LogP contribution in [0.25, 0.3) is 10.4 Å². The zero-order valence-electron chi connectivity index (χ0n) is 19.7. The Bertz CT molecular complexity index is 1010. The van der Waals surface area contributed by atoms with Gasteiger partial charge in [-0.25, -0.2) is 0 Å². The third-order valence-corrected chi connectivity index (χ3v) is 8.11. The minimum Gasteiger partial charge on any atom is -0.468 e. The van der Waals surface area contributed by atoms with Crippen LogP contribution in [0, 0.1) is 0 Å². The lowest BCUT2D eigenvalue weighted by Crippen LogP contribution is -2.46. The van der Waals surface area contributed by atoms with Gasteiger partial charge in [-0.2, -0.15) is 0 Å². The maximum absolute atomic E-state index is 12.8. The fourth-order valence-electron chi connectivity index (χ4n) is 4.89. The summed E-state index contributed by atoms with van der Waals surface area (Å²) in [6, 6.07) is 25.2. The van der Waals surface area contributed by atoms with Crippen molar-refractivity contribution in [1.82, 2.24) is 4.90 Å². The van der Waals surface area contributed by atoms with Gasteiger partial charge in [0, 0.05) is 31.1 Å². The summed E-state index contributed by atoms with van der Waals surface area (Å²) in [5.74, 6) is -0.118. The predicted octanol–water partition coefficient (Wildman–Crippen LogP) is 5.84. The van der Waals surface area contributed by atoms with Gasteiger partial charge in [0.1, 0.15) is 0 Å². The Labute approximate surface area is 201 Å². The molecule has 2 heterocycles. The molecule has 1 aromatic heterocycles. The number of nitrogens with zero attached hydrogens (tertiary/aromatic N) is 2. The first-order chi connectivity index (χ1) is 16.2. The number of rotatable bonds is 9. The molecule has 0 radical (unpaired) electrons. The molecule has 4 nitrogen and oxygen atoms in total. The first-order valence-electron chi connectivity index (χ1n) is 11.9. The minimum atomic E-state index is -0.553. The number of hydrogen-bond donors (Lipinski definition) is 0. The van der Waals surface area contributed by atoms with E-state index in [1.807, 2.05) is 29.5 Å². The van der Waals surface area contributed by atoms with Crippen molar-refractivity contribution in [3.63, 3.8) is 0 Å². The summed E-state index contributed by atoms with van der Waals surface area (Å²) in [6.07, 6.45) is 2.54. The van der Waals surface area contributed by atoms with Crippen molar-refractivity contribution in [2.24, 2.45) is 0 Å². The fourth-order valence-corrected chi connectivity index (χ4v) is 5.96. The van der Waals surface area contributed by atoms with Gasteiger partial charge in [0.25, 0.3) is 0 Å². The normalized spacial score (nSPS) is 16.4. The average Bonchev–Trinajstić information content (AvgIpc) is 3.38. The van der Waals surface area contributed by atoms with Crippen LogP contribution in [-0.2, 0) is 14.9 Å². The number of piperazine rings is 1. The van der Waals surface area contributed by atoms with Crippen LogP contribution in [0.5, 0.6) is 0 Å². The molecule has 174 valence electrons. The highest BCUT2D eigenvalue weighted by molar-refractivity contribution is 7.19. The largest absolute Gasteiger partial charge is 0.468 e. The van der Waals surface area contributed by atoms with Crippen LogP contribution >= 0.6 is 11.3 Å². The maximum Gasteiger partial charge on any atom is 0.316 e. The summed E-state index contributed by atoms with van der Waals surface area (Å²) in [6.45, 7) is 7.31. The molecule has 1 aliphatic heterocycles. The van der Waals surface area contributed by atoms with Crippen LogP contribution in [0.3, 0.4) is 0 Å². The van der Waals surface area contributed by atoms with Gasteiger partial charge in [0.05, 0.1) is 17.5 Å². The van der Waals surface area contributed by atoms with Gasteiger partial charge in [0.2, 0.25) is 0 Å². The van der Waals surface area contributed by atoms with Gasteiger partial charge < -0.3 is 9.64 Å². The Balaban J connectivity index is 1.31. The molecule has 0 amide bonds. The van der Waals surface area contributed by atoms with Crippen molar-refractivity contribution < 1.29 is 9.53 Å². The second kappa shape index (κ2) is 11.0. The van der Waals surface area contributed by atoms with Crippen LogP contribution in [0.4, 0.5) is 5.00 Å². The molecular formula is C28H34N2O2S. The average molecular weight is 463 g/mol. The Hall–Kier alpha value is -2.63. The third kappa shape index (κ3) is 5.31.